The SMILES string of the molecule is CCN1C(=O)[C@H](CC(=O)Nc2cccc(Cl)c2)SC1=Nc1ccc(F)cc1. The molecule has 1 heterocycles. The number of hydrogen-bond donors (Lipinski definition) is 1. The lowest BCUT2D eigenvalue weighted by atomic mass is 10.2. The Morgan fingerprint density at radius 1 is 1.30 bits per heavy atom. The minimum absolute atomic E-state index is 0.0228. The number of nitrogens with zero attached hydrogens (tertiary/aromatic N) is 2. The molecule has 1 N–H and O–H groups in total. The third-order valence-corrected chi connectivity index (χ3v) is 5.28. The number of carbonyl (C=O) groups excluding carboxylic acids is 2. The van der Waals surface area contributed by atoms with E-state index >= 15 is 0 Å². The van der Waals surface area contributed by atoms with Gasteiger partial charge in [-0.05, 0) is 49.4 Å². The smallest absolute Gasteiger partial charge is 0.242 e. The molecule has 140 valence electrons. The Labute approximate surface area is 165 Å². The molecule has 1 saturated heterocycles. The largest absolute Gasteiger partial charge is 0.326 e. The number of carbonyl (C=O) groups is 2. The second-order valence-electron chi connectivity index (χ2n) is 5.82. The van der Waals surface area contributed by atoms with E-state index in [2.05, 4.69) is 10.3 Å². The highest BCUT2D eigenvalue weighted by Crippen LogP contribution is 2.31. The monoisotopic (exact) mass is 405 g/mol. The lowest BCUT2D eigenvalue weighted by Gasteiger charge is -2.13. The molecule has 2 aromatic carbocycles. The van der Waals surface area contributed by atoms with Crippen LogP contribution in [0.25, 0.3) is 0 Å². The van der Waals surface area contributed by atoms with Crippen molar-refractivity contribution in [2.45, 2.75) is 18.6 Å². The van der Waals surface area contributed by atoms with Crippen LogP contribution in [0.15, 0.2) is 53.5 Å². The average molecular weight is 406 g/mol. The number of anilines is 1. The van der Waals surface area contributed by atoms with E-state index in [0.29, 0.717) is 28.1 Å². The Hall–Kier alpha value is -2.38. The summed E-state index contributed by atoms with van der Waals surface area (Å²) in [5, 5.41) is 3.22. The van der Waals surface area contributed by atoms with Crippen LogP contribution in [0.2, 0.25) is 5.02 Å². The van der Waals surface area contributed by atoms with Crippen molar-refractivity contribution in [3.8, 4) is 0 Å². The molecular formula is C19H17ClFN3O2S. The minimum Gasteiger partial charge on any atom is -0.326 e. The Kier molecular flexibility index (Phi) is 6.13. The van der Waals surface area contributed by atoms with Crippen LogP contribution in [0.1, 0.15) is 13.3 Å². The fraction of sp³-hybridized carbons (Fsp3) is 0.211. The molecule has 1 fully saturated rings. The summed E-state index contributed by atoms with van der Waals surface area (Å²) in [4.78, 5) is 30.9. The summed E-state index contributed by atoms with van der Waals surface area (Å²) in [6, 6.07) is 12.5. The number of thioether (sulfide) groups is 1. The van der Waals surface area contributed by atoms with Crippen molar-refractivity contribution < 1.29 is 14.0 Å². The number of hydrogen-bond acceptors (Lipinski definition) is 4. The van der Waals surface area contributed by atoms with Gasteiger partial charge in [0.25, 0.3) is 0 Å². The van der Waals surface area contributed by atoms with Gasteiger partial charge in [0.1, 0.15) is 11.1 Å². The standard InChI is InChI=1S/C19H17ClFN3O2S/c1-2-24-18(26)16(11-17(25)22-15-5-3-4-12(20)10-15)27-19(24)23-14-8-6-13(21)7-9-14/h3-10,16H,2,11H2,1H3,(H,22,25)/t16-/m0/s1. The summed E-state index contributed by atoms with van der Waals surface area (Å²) >= 11 is 7.15. The van der Waals surface area contributed by atoms with Crippen molar-refractivity contribution in [1.82, 2.24) is 4.90 Å². The predicted molar refractivity (Wildman–Crippen MR) is 107 cm³/mol. The molecule has 27 heavy (non-hydrogen) atoms. The van der Waals surface area contributed by atoms with E-state index in [1.165, 1.54) is 28.8 Å². The van der Waals surface area contributed by atoms with E-state index in [1.807, 2.05) is 6.92 Å². The number of amidine groups is 1. The van der Waals surface area contributed by atoms with Gasteiger partial charge in [-0.1, -0.05) is 29.4 Å². The zero-order valence-corrected chi connectivity index (χ0v) is 16.1. The van der Waals surface area contributed by atoms with Crippen LogP contribution in [0, 0.1) is 5.82 Å². The van der Waals surface area contributed by atoms with Crippen LogP contribution in [0.5, 0.6) is 0 Å². The maximum atomic E-state index is 13.0. The van der Waals surface area contributed by atoms with Gasteiger partial charge in [-0.25, -0.2) is 9.38 Å². The molecule has 0 radical (unpaired) electrons. The summed E-state index contributed by atoms with van der Waals surface area (Å²) in [6.07, 6.45) is 0.0228. The molecule has 0 bridgehead atoms. The van der Waals surface area contributed by atoms with Gasteiger partial charge >= 0.3 is 0 Å². The van der Waals surface area contributed by atoms with E-state index in [0.717, 1.165) is 0 Å². The zero-order valence-electron chi connectivity index (χ0n) is 14.5. The fourth-order valence-corrected chi connectivity index (χ4v) is 4.00. The van der Waals surface area contributed by atoms with Crippen LogP contribution in [0.4, 0.5) is 15.8 Å². The summed E-state index contributed by atoms with van der Waals surface area (Å²) in [5.74, 6) is -0.788. The predicted octanol–water partition coefficient (Wildman–Crippen LogP) is 4.46. The molecule has 1 aliphatic heterocycles. The number of rotatable bonds is 5. The van der Waals surface area contributed by atoms with Gasteiger partial charge in [0.15, 0.2) is 5.17 Å². The molecule has 0 unspecified atom stereocenters. The summed E-state index contributed by atoms with van der Waals surface area (Å²) in [6.45, 7) is 2.28. The van der Waals surface area contributed by atoms with Crippen molar-refractivity contribution in [3.05, 3.63) is 59.4 Å². The van der Waals surface area contributed by atoms with Gasteiger partial charge in [-0.15, -0.1) is 0 Å². The molecule has 2 amide bonds. The van der Waals surface area contributed by atoms with Gasteiger partial charge in [0.05, 0.1) is 5.69 Å². The van der Waals surface area contributed by atoms with Crippen molar-refractivity contribution in [2.24, 2.45) is 4.99 Å². The number of nitrogens with one attached hydrogen (secondary N) is 1. The van der Waals surface area contributed by atoms with E-state index in [4.69, 9.17) is 11.6 Å². The second kappa shape index (κ2) is 8.54. The van der Waals surface area contributed by atoms with Crippen LogP contribution in [-0.4, -0.2) is 33.7 Å². The summed E-state index contributed by atoms with van der Waals surface area (Å²) in [5.41, 5.74) is 1.13. The van der Waals surface area contributed by atoms with Crippen LogP contribution >= 0.6 is 23.4 Å². The van der Waals surface area contributed by atoms with Crippen LogP contribution in [0.3, 0.4) is 0 Å². The van der Waals surface area contributed by atoms with Gasteiger partial charge < -0.3 is 5.32 Å². The molecule has 0 aliphatic carbocycles. The van der Waals surface area contributed by atoms with Gasteiger partial charge in [-0.3, -0.25) is 14.5 Å². The van der Waals surface area contributed by atoms with Gasteiger partial charge in [0, 0.05) is 23.7 Å². The number of halogens is 2. The number of amides is 2. The Bertz CT molecular complexity index is 889. The average Bonchev–Trinajstić information content (AvgIpc) is 2.91. The number of benzene rings is 2. The van der Waals surface area contributed by atoms with Gasteiger partial charge in [0.2, 0.25) is 11.8 Å². The maximum Gasteiger partial charge on any atom is 0.242 e. The van der Waals surface area contributed by atoms with Crippen LogP contribution < -0.4 is 5.32 Å². The molecule has 0 saturated carbocycles. The maximum absolute atomic E-state index is 13.0. The highest BCUT2D eigenvalue weighted by Gasteiger charge is 2.38. The molecule has 2 aromatic rings. The molecule has 8 heteroatoms. The zero-order chi connectivity index (χ0) is 19.4. The molecule has 0 spiro atoms. The van der Waals surface area contributed by atoms with Crippen molar-refractivity contribution >= 4 is 51.7 Å². The first kappa shape index (κ1) is 19.4. The minimum atomic E-state index is -0.552. The van der Waals surface area contributed by atoms with Crippen molar-refractivity contribution in [1.29, 1.82) is 0 Å². The first-order valence-electron chi connectivity index (χ1n) is 8.34. The van der Waals surface area contributed by atoms with Crippen molar-refractivity contribution in [2.75, 3.05) is 11.9 Å². The van der Waals surface area contributed by atoms with E-state index in [-0.39, 0.29) is 24.1 Å². The van der Waals surface area contributed by atoms with Crippen LogP contribution in [-0.2, 0) is 9.59 Å². The number of aliphatic imine (C=N–C) groups is 1. The third-order valence-electron chi connectivity index (χ3n) is 3.87. The first-order valence-corrected chi connectivity index (χ1v) is 9.59. The Morgan fingerprint density at radius 2 is 2.04 bits per heavy atom. The molecule has 1 atom stereocenters. The third kappa shape index (κ3) is 4.87. The highest BCUT2D eigenvalue weighted by atomic mass is 35.5. The highest BCUT2D eigenvalue weighted by molar-refractivity contribution is 8.15. The molecular weight excluding hydrogens is 389 g/mol. The lowest BCUT2D eigenvalue weighted by molar-refractivity contribution is -0.128. The fourth-order valence-electron chi connectivity index (χ4n) is 2.59. The van der Waals surface area contributed by atoms with Crippen molar-refractivity contribution in [3.63, 3.8) is 0 Å². The summed E-state index contributed by atoms with van der Waals surface area (Å²) < 4.78 is 13.0. The van der Waals surface area contributed by atoms with E-state index in [1.54, 1.807) is 36.4 Å². The van der Waals surface area contributed by atoms with E-state index < -0.39 is 5.25 Å². The molecule has 3 rings (SSSR count). The lowest BCUT2D eigenvalue weighted by Crippen LogP contribution is -2.33. The second-order valence-corrected chi connectivity index (χ2v) is 7.43. The molecule has 5 nitrogen and oxygen atoms in total. The first-order chi connectivity index (χ1) is 13.0. The normalized spacial score (nSPS) is 18.2. The molecule has 1 aliphatic rings. The summed E-state index contributed by atoms with van der Waals surface area (Å²) in [7, 11) is 0. The van der Waals surface area contributed by atoms with E-state index in [9.17, 15) is 14.0 Å². The Morgan fingerprint density at radius 3 is 2.70 bits per heavy atom. The Balaban J connectivity index is 1.70. The topological polar surface area (TPSA) is 61.8 Å². The van der Waals surface area contributed by atoms with Gasteiger partial charge in [-0.2, -0.15) is 0 Å². The molecule has 0 aromatic heterocycles. The quantitative estimate of drug-likeness (QED) is 0.798.